The van der Waals surface area contributed by atoms with Crippen LogP contribution in [0.3, 0.4) is 0 Å². The molecule has 102 valence electrons. The molecule has 1 unspecified atom stereocenters. The summed E-state index contributed by atoms with van der Waals surface area (Å²) in [5.74, 6) is 0.103. The van der Waals surface area contributed by atoms with Gasteiger partial charge in [-0.3, -0.25) is 15.1 Å². The summed E-state index contributed by atoms with van der Waals surface area (Å²) in [4.78, 5) is 23.4. The largest absolute Gasteiger partial charge is 0.367 e. The number of pyridine rings is 1. The SMILES string of the molecule is CNc1ncnc(C2CCc3cccnc32)c1[N+](=O)[O-]. The predicted molar refractivity (Wildman–Crippen MR) is 72.6 cm³/mol. The zero-order chi connectivity index (χ0) is 14.1. The number of anilines is 1. The molecule has 1 N–H and O–H groups in total. The van der Waals surface area contributed by atoms with Crippen LogP contribution in [0.2, 0.25) is 0 Å². The van der Waals surface area contributed by atoms with E-state index in [-0.39, 0.29) is 17.4 Å². The van der Waals surface area contributed by atoms with Gasteiger partial charge in [-0.1, -0.05) is 6.07 Å². The molecule has 0 saturated carbocycles. The molecular formula is C13H13N5O2. The lowest BCUT2D eigenvalue weighted by molar-refractivity contribution is -0.385. The van der Waals surface area contributed by atoms with Crippen LogP contribution in [0.15, 0.2) is 24.7 Å². The zero-order valence-corrected chi connectivity index (χ0v) is 10.9. The molecular weight excluding hydrogens is 258 g/mol. The number of fused-ring (bicyclic) bond motifs is 1. The summed E-state index contributed by atoms with van der Waals surface area (Å²) in [6, 6.07) is 3.89. The van der Waals surface area contributed by atoms with Gasteiger partial charge < -0.3 is 5.32 Å². The minimum atomic E-state index is -0.428. The molecule has 0 spiro atoms. The van der Waals surface area contributed by atoms with Crippen molar-refractivity contribution in [3.8, 4) is 0 Å². The normalized spacial score (nSPS) is 16.8. The highest BCUT2D eigenvalue weighted by atomic mass is 16.6. The van der Waals surface area contributed by atoms with Crippen molar-refractivity contribution in [2.45, 2.75) is 18.8 Å². The van der Waals surface area contributed by atoms with E-state index >= 15 is 0 Å². The van der Waals surface area contributed by atoms with E-state index < -0.39 is 4.92 Å². The van der Waals surface area contributed by atoms with Gasteiger partial charge in [-0.05, 0) is 24.5 Å². The van der Waals surface area contributed by atoms with Crippen molar-refractivity contribution in [3.63, 3.8) is 0 Å². The summed E-state index contributed by atoms with van der Waals surface area (Å²) < 4.78 is 0. The highest BCUT2D eigenvalue weighted by molar-refractivity contribution is 5.60. The number of nitro groups is 1. The molecule has 2 aromatic rings. The molecule has 7 heteroatoms. The number of hydrogen-bond acceptors (Lipinski definition) is 6. The second kappa shape index (κ2) is 4.84. The molecule has 1 aliphatic rings. The van der Waals surface area contributed by atoms with E-state index in [9.17, 15) is 10.1 Å². The molecule has 0 bridgehead atoms. The molecule has 7 nitrogen and oxygen atoms in total. The van der Waals surface area contributed by atoms with E-state index in [4.69, 9.17) is 0 Å². The van der Waals surface area contributed by atoms with Gasteiger partial charge in [-0.15, -0.1) is 0 Å². The lowest BCUT2D eigenvalue weighted by Gasteiger charge is -2.11. The van der Waals surface area contributed by atoms with Crippen molar-refractivity contribution >= 4 is 11.5 Å². The van der Waals surface area contributed by atoms with Gasteiger partial charge in [0.2, 0.25) is 5.82 Å². The first kappa shape index (κ1) is 12.5. The molecule has 0 radical (unpaired) electrons. The van der Waals surface area contributed by atoms with Gasteiger partial charge in [0.05, 0.1) is 16.5 Å². The number of nitrogens with one attached hydrogen (secondary N) is 1. The highest BCUT2D eigenvalue weighted by Crippen LogP contribution is 2.40. The van der Waals surface area contributed by atoms with Gasteiger partial charge in [0, 0.05) is 13.2 Å². The standard InChI is InChI=1S/C13H13N5O2/c1-14-13-12(18(19)20)11(16-7-17-13)9-5-4-8-3-2-6-15-10(8)9/h2-3,6-7,9H,4-5H2,1H3,(H,14,16,17). The zero-order valence-electron chi connectivity index (χ0n) is 10.9. The molecule has 2 aromatic heterocycles. The van der Waals surface area contributed by atoms with Crippen LogP contribution >= 0.6 is 0 Å². The van der Waals surface area contributed by atoms with E-state index in [0.29, 0.717) is 5.69 Å². The van der Waals surface area contributed by atoms with Crippen LogP contribution in [-0.4, -0.2) is 26.9 Å². The minimum Gasteiger partial charge on any atom is -0.367 e. The summed E-state index contributed by atoms with van der Waals surface area (Å²) in [7, 11) is 1.61. The molecule has 0 aromatic carbocycles. The van der Waals surface area contributed by atoms with Crippen molar-refractivity contribution in [2.24, 2.45) is 0 Å². The Morgan fingerprint density at radius 3 is 2.95 bits per heavy atom. The van der Waals surface area contributed by atoms with Crippen molar-refractivity contribution in [2.75, 3.05) is 12.4 Å². The Morgan fingerprint density at radius 1 is 1.35 bits per heavy atom. The van der Waals surface area contributed by atoms with Crippen LogP contribution in [0.5, 0.6) is 0 Å². The predicted octanol–water partition coefficient (Wildman–Crippen LogP) is 1.90. The van der Waals surface area contributed by atoms with Crippen LogP contribution in [0.25, 0.3) is 0 Å². The summed E-state index contributed by atoms with van der Waals surface area (Å²) >= 11 is 0. The lowest BCUT2D eigenvalue weighted by Crippen LogP contribution is -2.09. The van der Waals surface area contributed by atoms with Gasteiger partial charge in [0.1, 0.15) is 12.0 Å². The number of aromatic nitrogens is 3. The fourth-order valence-corrected chi connectivity index (χ4v) is 2.69. The van der Waals surface area contributed by atoms with Gasteiger partial charge in [0.15, 0.2) is 0 Å². The summed E-state index contributed by atoms with van der Waals surface area (Å²) in [5, 5.41) is 14.1. The second-order valence-corrected chi connectivity index (χ2v) is 4.60. The van der Waals surface area contributed by atoms with E-state index in [1.807, 2.05) is 12.1 Å². The number of nitrogens with zero attached hydrogens (tertiary/aromatic N) is 4. The third-order valence-electron chi connectivity index (χ3n) is 3.56. The molecule has 1 atom stereocenters. The minimum absolute atomic E-state index is 0.0569. The molecule has 1 aliphatic carbocycles. The molecule has 0 amide bonds. The smallest absolute Gasteiger partial charge is 0.333 e. The molecule has 0 aliphatic heterocycles. The third-order valence-corrected chi connectivity index (χ3v) is 3.56. The second-order valence-electron chi connectivity index (χ2n) is 4.60. The fourth-order valence-electron chi connectivity index (χ4n) is 2.69. The Bertz CT molecular complexity index is 674. The van der Waals surface area contributed by atoms with Gasteiger partial charge >= 0.3 is 5.69 Å². The highest BCUT2D eigenvalue weighted by Gasteiger charge is 2.34. The van der Waals surface area contributed by atoms with Gasteiger partial charge in [-0.25, -0.2) is 9.97 Å². The summed E-state index contributed by atoms with van der Waals surface area (Å²) in [6.07, 6.45) is 4.72. The van der Waals surface area contributed by atoms with Gasteiger partial charge in [0.25, 0.3) is 0 Å². The number of aryl methyl sites for hydroxylation is 1. The monoisotopic (exact) mass is 271 g/mol. The van der Waals surface area contributed by atoms with Crippen LogP contribution in [0.4, 0.5) is 11.5 Å². The Hall–Kier alpha value is -2.57. The first-order chi connectivity index (χ1) is 9.72. The maximum Gasteiger partial charge on any atom is 0.333 e. The lowest BCUT2D eigenvalue weighted by atomic mass is 10.0. The van der Waals surface area contributed by atoms with Crippen molar-refractivity contribution in [1.82, 2.24) is 15.0 Å². The van der Waals surface area contributed by atoms with Gasteiger partial charge in [-0.2, -0.15) is 0 Å². The molecule has 0 saturated heterocycles. The topological polar surface area (TPSA) is 93.8 Å². The maximum atomic E-state index is 11.3. The van der Waals surface area contributed by atoms with Crippen molar-refractivity contribution in [1.29, 1.82) is 0 Å². The number of hydrogen-bond donors (Lipinski definition) is 1. The molecule has 20 heavy (non-hydrogen) atoms. The van der Waals surface area contributed by atoms with E-state index in [1.165, 1.54) is 6.33 Å². The molecule has 3 rings (SSSR count). The first-order valence-electron chi connectivity index (χ1n) is 6.33. The van der Waals surface area contributed by atoms with Crippen LogP contribution in [0.1, 0.15) is 29.3 Å². The quantitative estimate of drug-likeness (QED) is 0.676. The average Bonchev–Trinajstić information content (AvgIpc) is 2.90. The fraction of sp³-hybridized carbons (Fsp3) is 0.308. The Kier molecular flexibility index (Phi) is 3.02. The Balaban J connectivity index is 2.15. The maximum absolute atomic E-state index is 11.3. The Labute approximate surface area is 115 Å². The Morgan fingerprint density at radius 2 is 2.20 bits per heavy atom. The van der Waals surface area contributed by atoms with Crippen LogP contribution in [0, 0.1) is 10.1 Å². The molecule has 2 heterocycles. The third kappa shape index (κ3) is 1.87. The van der Waals surface area contributed by atoms with Crippen molar-refractivity contribution in [3.05, 3.63) is 51.7 Å². The summed E-state index contributed by atoms with van der Waals surface area (Å²) in [6.45, 7) is 0. The van der Waals surface area contributed by atoms with E-state index in [2.05, 4.69) is 20.3 Å². The first-order valence-corrected chi connectivity index (χ1v) is 6.33. The molecule has 0 fully saturated rings. The van der Waals surface area contributed by atoms with Crippen LogP contribution in [-0.2, 0) is 6.42 Å². The average molecular weight is 271 g/mol. The van der Waals surface area contributed by atoms with E-state index in [0.717, 1.165) is 24.1 Å². The van der Waals surface area contributed by atoms with Crippen molar-refractivity contribution < 1.29 is 4.92 Å². The van der Waals surface area contributed by atoms with E-state index in [1.54, 1.807) is 13.2 Å². The summed E-state index contributed by atoms with van der Waals surface area (Å²) in [5.41, 5.74) is 2.40. The van der Waals surface area contributed by atoms with Crippen LogP contribution < -0.4 is 5.32 Å². The number of rotatable bonds is 3.